The van der Waals surface area contributed by atoms with E-state index >= 15 is 0 Å². The number of carboxylic acid groups (broad SMARTS) is 1. The number of benzene rings is 1. The monoisotopic (exact) mass is 325 g/mol. The van der Waals surface area contributed by atoms with Gasteiger partial charge in [0.15, 0.2) is 11.5 Å². The third kappa shape index (κ3) is 7.56. The van der Waals surface area contributed by atoms with Crippen LogP contribution in [0.1, 0.15) is 26.3 Å². The average Bonchev–Trinajstić information content (AvgIpc) is 2.56. The number of methoxy groups -OCH3 is 2. The number of phenolic OH excluding ortho intramolecular Hbond substituents is 1. The van der Waals surface area contributed by atoms with E-state index in [1.54, 1.807) is 0 Å². The van der Waals surface area contributed by atoms with Crippen LogP contribution in [0.2, 0.25) is 0 Å². The molecule has 0 radical (unpaired) electrons. The predicted octanol–water partition coefficient (Wildman–Crippen LogP) is 2.86. The molecule has 6 heteroatoms. The van der Waals surface area contributed by atoms with Gasteiger partial charge < -0.3 is 24.6 Å². The van der Waals surface area contributed by atoms with E-state index in [-0.39, 0.29) is 17.2 Å². The van der Waals surface area contributed by atoms with Crippen LogP contribution in [-0.2, 0) is 4.79 Å². The Morgan fingerprint density at radius 2 is 1.52 bits per heavy atom. The maximum atomic E-state index is 10.3. The molecule has 0 unspecified atom stereocenters. The van der Waals surface area contributed by atoms with Crippen molar-refractivity contribution in [3.8, 4) is 17.2 Å². The van der Waals surface area contributed by atoms with Gasteiger partial charge >= 0.3 is 5.97 Å². The number of hydrogen-bond acceptors (Lipinski definition) is 5. The number of nitrogens with zero attached hydrogens (tertiary/aromatic N) is 1. The Bertz CT molecular complexity index is 479. The summed E-state index contributed by atoms with van der Waals surface area (Å²) in [6, 6.07) is 3.02. The Balaban J connectivity index is 0.000000585. The quantitative estimate of drug-likeness (QED) is 0.751. The first-order chi connectivity index (χ1) is 10.9. The SMILES string of the molecule is CCN(CC)CC.COc1cc(/C=C/C(=O)O)cc(OC)c1O. The van der Waals surface area contributed by atoms with Gasteiger partial charge in [-0.15, -0.1) is 0 Å². The molecule has 0 saturated carbocycles. The fourth-order valence-corrected chi connectivity index (χ4v) is 1.85. The lowest BCUT2D eigenvalue weighted by molar-refractivity contribution is -0.131. The highest BCUT2D eigenvalue weighted by atomic mass is 16.5. The summed E-state index contributed by atoms with van der Waals surface area (Å²) < 4.78 is 9.85. The molecule has 0 aliphatic heterocycles. The number of carboxylic acids is 1. The zero-order valence-corrected chi connectivity index (χ0v) is 14.5. The zero-order valence-electron chi connectivity index (χ0n) is 14.5. The normalized spacial score (nSPS) is 10.3. The number of aromatic hydroxyl groups is 1. The Labute approximate surface area is 137 Å². The summed E-state index contributed by atoms with van der Waals surface area (Å²) in [7, 11) is 2.80. The second-order valence-corrected chi connectivity index (χ2v) is 4.57. The van der Waals surface area contributed by atoms with Crippen LogP contribution in [0, 0.1) is 0 Å². The van der Waals surface area contributed by atoms with Crippen molar-refractivity contribution in [3.63, 3.8) is 0 Å². The lowest BCUT2D eigenvalue weighted by Gasteiger charge is -2.13. The maximum absolute atomic E-state index is 10.3. The summed E-state index contributed by atoms with van der Waals surface area (Å²) in [6.45, 7) is 10.1. The van der Waals surface area contributed by atoms with Gasteiger partial charge in [-0.2, -0.15) is 0 Å². The predicted molar refractivity (Wildman–Crippen MR) is 91.3 cm³/mol. The standard InChI is InChI=1S/C11H12O5.C6H15N/c1-15-8-5-7(3-4-10(12)13)6-9(16-2)11(8)14;1-4-7(5-2)6-3/h3-6,14H,1-2H3,(H,12,13);4-6H2,1-3H3/b4-3+;. The van der Waals surface area contributed by atoms with Gasteiger partial charge in [0, 0.05) is 6.08 Å². The molecule has 0 aliphatic carbocycles. The zero-order chi connectivity index (χ0) is 17.8. The molecular formula is C17H27NO5. The molecule has 130 valence electrons. The van der Waals surface area contributed by atoms with Crippen molar-refractivity contribution in [2.45, 2.75) is 20.8 Å². The summed E-state index contributed by atoms with van der Waals surface area (Å²) >= 11 is 0. The first kappa shape index (κ1) is 20.8. The van der Waals surface area contributed by atoms with E-state index in [1.165, 1.54) is 52.1 Å². The second-order valence-electron chi connectivity index (χ2n) is 4.57. The van der Waals surface area contributed by atoms with E-state index in [4.69, 9.17) is 14.6 Å². The van der Waals surface area contributed by atoms with E-state index in [1.807, 2.05) is 0 Å². The first-order valence-corrected chi connectivity index (χ1v) is 7.51. The van der Waals surface area contributed by atoms with Crippen LogP contribution in [0.5, 0.6) is 17.2 Å². The van der Waals surface area contributed by atoms with Gasteiger partial charge in [0.1, 0.15) is 0 Å². The fourth-order valence-electron chi connectivity index (χ4n) is 1.85. The average molecular weight is 325 g/mol. The molecule has 1 aromatic carbocycles. The number of phenols is 1. The van der Waals surface area contributed by atoms with E-state index in [0.29, 0.717) is 5.56 Å². The van der Waals surface area contributed by atoms with Crippen molar-refractivity contribution >= 4 is 12.0 Å². The topological polar surface area (TPSA) is 79.2 Å². The van der Waals surface area contributed by atoms with Gasteiger partial charge in [0.2, 0.25) is 5.75 Å². The molecular weight excluding hydrogens is 298 g/mol. The molecule has 0 aromatic heterocycles. The third-order valence-corrected chi connectivity index (χ3v) is 3.26. The van der Waals surface area contributed by atoms with Crippen LogP contribution < -0.4 is 9.47 Å². The van der Waals surface area contributed by atoms with E-state index in [2.05, 4.69) is 25.7 Å². The lowest BCUT2D eigenvalue weighted by Crippen LogP contribution is -2.21. The van der Waals surface area contributed by atoms with Gasteiger partial charge in [-0.05, 0) is 43.4 Å². The van der Waals surface area contributed by atoms with E-state index in [0.717, 1.165) is 6.08 Å². The molecule has 23 heavy (non-hydrogen) atoms. The smallest absolute Gasteiger partial charge is 0.328 e. The highest BCUT2D eigenvalue weighted by molar-refractivity contribution is 5.85. The van der Waals surface area contributed by atoms with Crippen molar-refractivity contribution in [3.05, 3.63) is 23.8 Å². The Hall–Kier alpha value is -2.21. The van der Waals surface area contributed by atoms with Crippen molar-refractivity contribution in [1.82, 2.24) is 4.90 Å². The Morgan fingerprint density at radius 1 is 1.09 bits per heavy atom. The van der Waals surface area contributed by atoms with Crippen LogP contribution in [0.25, 0.3) is 6.08 Å². The molecule has 2 N–H and O–H groups in total. The summed E-state index contributed by atoms with van der Waals surface area (Å²) in [6.07, 6.45) is 2.37. The third-order valence-electron chi connectivity index (χ3n) is 3.26. The number of hydrogen-bond donors (Lipinski definition) is 2. The van der Waals surface area contributed by atoms with Gasteiger partial charge in [-0.3, -0.25) is 0 Å². The highest BCUT2D eigenvalue weighted by Crippen LogP contribution is 2.37. The van der Waals surface area contributed by atoms with Crippen LogP contribution in [-0.4, -0.2) is 54.9 Å². The number of carbonyl (C=O) groups is 1. The molecule has 0 fully saturated rings. The van der Waals surface area contributed by atoms with Gasteiger partial charge in [-0.1, -0.05) is 20.8 Å². The molecule has 0 spiro atoms. The first-order valence-electron chi connectivity index (χ1n) is 7.51. The summed E-state index contributed by atoms with van der Waals surface area (Å²) in [5, 5.41) is 18.1. The molecule has 0 saturated heterocycles. The molecule has 0 aliphatic rings. The Kier molecular flexibility index (Phi) is 10.3. The van der Waals surface area contributed by atoms with Crippen LogP contribution >= 0.6 is 0 Å². The molecule has 1 rings (SSSR count). The summed E-state index contributed by atoms with van der Waals surface area (Å²) in [5.74, 6) is -0.711. The van der Waals surface area contributed by atoms with Crippen molar-refractivity contribution < 1.29 is 24.5 Å². The highest BCUT2D eigenvalue weighted by Gasteiger charge is 2.09. The molecule has 0 bridgehead atoms. The molecule has 0 amide bonds. The molecule has 0 heterocycles. The van der Waals surface area contributed by atoms with Crippen molar-refractivity contribution in [2.24, 2.45) is 0 Å². The summed E-state index contributed by atoms with van der Waals surface area (Å²) in [4.78, 5) is 12.7. The van der Waals surface area contributed by atoms with E-state index in [9.17, 15) is 9.90 Å². The minimum Gasteiger partial charge on any atom is -0.502 e. The van der Waals surface area contributed by atoms with Crippen LogP contribution in [0.3, 0.4) is 0 Å². The molecule has 1 aromatic rings. The van der Waals surface area contributed by atoms with Crippen molar-refractivity contribution in [1.29, 1.82) is 0 Å². The maximum Gasteiger partial charge on any atom is 0.328 e. The van der Waals surface area contributed by atoms with Gasteiger partial charge in [0.25, 0.3) is 0 Å². The van der Waals surface area contributed by atoms with Gasteiger partial charge in [-0.25, -0.2) is 4.79 Å². The second kappa shape index (κ2) is 11.4. The van der Waals surface area contributed by atoms with E-state index < -0.39 is 5.97 Å². The van der Waals surface area contributed by atoms with Crippen LogP contribution in [0.15, 0.2) is 18.2 Å². The van der Waals surface area contributed by atoms with Crippen LogP contribution in [0.4, 0.5) is 0 Å². The lowest BCUT2D eigenvalue weighted by atomic mass is 10.1. The molecule has 0 atom stereocenters. The summed E-state index contributed by atoms with van der Waals surface area (Å²) in [5.41, 5.74) is 0.564. The Morgan fingerprint density at radius 3 is 1.78 bits per heavy atom. The van der Waals surface area contributed by atoms with Gasteiger partial charge in [0.05, 0.1) is 14.2 Å². The largest absolute Gasteiger partial charge is 0.502 e. The number of aliphatic carboxylic acids is 1. The number of ether oxygens (including phenoxy) is 2. The molecule has 6 nitrogen and oxygen atoms in total. The van der Waals surface area contributed by atoms with Crippen molar-refractivity contribution in [2.75, 3.05) is 33.9 Å². The minimum atomic E-state index is -1.05. The minimum absolute atomic E-state index is 0.113. The fraction of sp³-hybridized carbons (Fsp3) is 0.471. The number of rotatable bonds is 7.